The molecule has 0 bridgehead atoms. The van der Waals surface area contributed by atoms with Crippen LogP contribution in [0.1, 0.15) is 55.0 Å². The van der Waals surface area contributed by atoms with Gasteiger partial charge in [0.25, 0.3) is 0 Å². The van der Waals surface area contributed by atoms with Crippen LogP contribution in [-0.2, 0) is 11.2 Å². The summed E-state index contributed by atoms with van der Waals surface area (Å²) in [5.74, 6) is 0. The van der Waals surface area contributed by atoms with Crippen molar-refractivity contribution in [2.24, 2.45) is 0 Å². The normalized spacial score (nSPS) is 32.2. The number of rotatable bonds is 3. The first-order valence-corrected chi connectivity index (χ1v) is 8.10. The Labute approximate surface area is 114 Å². The zero-order valence-electron chi connectivity index (χ0n) is 11.2. The minimum absolute atomic E-state index is 0.506. The summed E-state index contributed by atoms with van der Waals surface area (Å²) in [6.07, 6.45) is 9.44. The Kier molecular flexibility index (Phi) is 4.02. The first kappa shape index (κ1) is 12.6. The summed E-state index contributed by atoms with van der Waals surface area (Å²) < 4.78 is 5.45. The van der Waals surface area contributed by atoms with E-state index in [1.165, 1.54) is 44.9 Å². The monoisotopic (exact) mass is 265 g/mol. The minimum Gasteiger partial charge on any atom is -0.381 e. The average Bonchev–Trinajstić information content (AvgIpc) is 2.89. The van der Waals surface area contributed by atoms with E-state index in [0.717, 1.165) is 0 Å². The minimum atomic E-state index is 0.506. The summed E-state index contributed by atoms with van der Waals surface area (Å²) in [5, 5.41) is 6.15. The molecule has 1 atom stereocenters. The average molecular weight is 265 g/mol. The summed E-state index contributed by atoms with van der Waals surface area (Å²) in [5.41, 5.74) is 1.58. The number of hydrogen-bond acceptors (Lipinski definition) is 3. The number of ether oxygens (including phenoxy) is 1. The summed E-state index contributed by atoms with van der Waals surface area (Å²) in [4.78, 5) is 1.62. The predicted molar refractivity (Wildman–Crippen MR) is 76.2 cm³/mol. The van der Waals surface area contributed by atoms with Gasteiger partial charge in [-0.2, -0.15) is 0 Å². The fraction of sp³-hybridized carbons (Fsp3) is 0.733. The molecule has 0 spiro atoms. The Bertz CT molecular complexity index is 382. The molecule has 0 amide bonds. The molecule has 2 aliphatic carbocycles. The maximum atomic E-state index is 5.45. The molecule has 3 rings (SSSR count). The van der Waals surface area contributed by atoms with Crippen molar-refractivity contribution in [1.29, 1.82) is 0 Å². The molecule has 0 aliphatic heterocycles. The second-order valence-electron chi connectivity index (χ2n) is 5.62. The summed E-state index contributed by atoms with van der Waals surface area (Å²) in [7, 11) is 1.84. The van der Waals surface area contributed by atoms with Crippen molar-refractivity contribution in [3.05, 3.63) is 21.9 Å². The van der Waals surface area contributed by atoms with Gasteiger partial charge in [0.15, 0.2) is 0 Å². The van der Waals surface area contributed by atoms with Gasteiger partial charge in [0.1, 0.15) is 0 Å². The van der Waals surface area contributed by atoms with Crippen LogP contribution in [0.5, 0.6) is 0 Å². The maximum absolute atomic E-state index is 5.45. The molecular formula is C15H23NOS. The van der Waals surface area contributed by atoms with Gasteiger partial charge in [0.05, 0.1) is 6.10 Å². The van der Waals surface area contributed by atoms with Crippen LogP contribution in [0.15, 0.2) is 11.4 Å². The smallest absolute Gasteiger partial charge is 0.0572 e. The molecule has 1 heterocycles. The molecule has 18 heavy (non-hydrogen) atoms. The maximum Gasteiger partial charge on any atom is 0.0572 e. The van der Waals surface area contributed by atoms with Crippen LogP contribution in [0, 0.1) is 0 Å². The Morgan fingerprint density at radius 1 is 1.22 bits per heavy atom. The lowest BCUT2D eigenvalue weighted by Crippen LogP contribution is -2.38. The Balaban J connectivity index is 1.58. The van der Waals surface area contributed by atoms with Crippen LogP contribution >= 0.6 is 11.3 Å². The van der Waals surface area contributed by atoms with Gasteiger partial charge in [-0.1, -0.05) is 0 Å². The first-order valence-electron chi connectivity index (χ1n) is 7.22. The highest BCUT2D eigenvalue weighted by atomic mass is 32.1. The molecule has 100 valence electrons. The van der Waals surface area contributed by atoms with E-state index in [9.17, 15) is 0 Å². The van der Waals surface area contributed by atoms with Crippen molar-refractivity contribution in [2.45, 2.75) is 63.1 Å². The van der Waals surface area contributed by atoms with Gasteiger partial charge < -0.3 is 10.1 Å². The lowest BCUT2D eigenvalue weighted by molar-refractivity contribution is 0.0608. The second kappa shape index (κ2) is 5.72. The molecule has 3 heteroatoms. The van der Waals surface area contributed by atoms with E-state index >= 15 is 0 Å². The van der Waals surface area contributed by atoms with Gasteiger partial charge in [-0.25, -0.2) is 0 Å². The van der Waals surface area contributed by atoms with Crippen molar-refractivity contribution in [3.8, 4) is 0 Å². The predicted octanol–water partition coefficient (Wildman–Crippen LogP) is 3.67. The third-order valence-corrected chi connectivity index (χ3v) is 5.49. The quantitative estimate of drug-likeness (QED) is 0.900. The fourth-order valence-corrected chi connectivity index (χ4v) is 4.40. The van der Waals surface area contributed by atoms with Gasteiger partial charge in [-0.05, 0) is 62.0 Å². The van der Waals surface area contributed by atoms with Gasteiger partial charge in [0.2, 0.25) is 0 Å². The van der Waals surface area contributed by atoms with Crippen LogP contribution in [-0.4, -0.2) is 19.3 Å². The fourth-order valence-electron chi connectivity index (χ4n) is 3.41. The van der Waals surface area contributed by atoms with Crippen molar-refractivity contribution < 1.29 is 4.74 Å². The van der Waals surface area contributed by atoms with Gasteiger partial charge in [0, 0.05) is 24.1 Å². The van der Waals surface area contributed by atoms with Crippen LogP contribution in [0.3, 0.4) is 0 Å². The molecule has 2 nitrogen and oxygen atoms in total. The molecular weight excluding hydrogens is 242 g/mol. The Morgan fingerprint density at radius 3 is 2.83 bits per heavy atom. The first-order chi connectivity index (χ1) is 8.86. The van der Waals surface area contributed by atoms with E-state index in [-0.39, 0.29) is 0 Å². The summed E-state index contributed by atoms with van der Waals surface area (Å²) >= 11 is 1.94. The number of aryl methyl sites for hydroxylation is 1. The SMILES string of the molecule is COC1CCC(NC2CCCc3sccc32)CC1. The molecule has 1 saturated carbocycles. The number of fused-ring (bicyclic) bond motifs is 1. The van der Waals surface area contributed by atoms with Crippen LogP contribution < -0.4 is 5.32 Å². The second-order valence-corrected chi connectivity index (χ2v) is 6.62. The van der Waals surface area contributed by atoms with Crippen molar-refractivity contribution in [1.82, 2.24) is 5.32 Å². The Morgan fingerprint density at radius 2 is 2.06 bits per heavy atom. The number of thiophene rings is 1. The third-order valence-electron chi connectivity index (χ3n) is 4.50. The van der Waals surface area contributed by atoms with E-state index in [4.69, 9.17) is 4.74 Å². The lowest BCUT2D eigenvalue weighted by atomic mass is 9.89. The highest BCUT2D eigenvalue weighted by molar-refractivity contribution is 7.10. The van der Waals surface area contributed by atoms with Crippen LogP contribution in [0.25, 0.3) is 0 Å². The number of hydrogen-bond donors (Lipinski definition) is 1. The molecule has 1 aromatic heterocycles. The molecule has 1 aromatic rings. The van der Waals surface area contributed by atoms with Gasteiger partial charge in [-0.3, -0.25) is 0 Å². The molecule has 2 aliphatic rings. The van der Waals surface area contributed by atoms with E-state index in [2.05, 4.69) is 16.8 Å². The number of nitrogens with one attached hydrogen (secondary N) is 1. The lowest BCUT2D eigenvalue weighted by Gasteiger charge is -2.33. The molecule has 1 fully saturated rings. The van der Waals surface area contributed by atoms with Gasteiger partial charge in [-0.15, -0.1) is 11.3 Å². The highest BCUT2D eigenvalue weighted by Gasteiger charge is 2.26. The Hall–Kier alpha value is -0.380. The third kappa shape index (κ3) is 2.63. The standard InChI is InChI=1S/C15H23NOS/c1-17-12-7-5-11(6-8-12)16-14-3-2-4-15-13(14)9-10-18-15/h9-12,14,16H,2-8H2,1H3. The van der Waals surface area contributed by atoms with Crippen molar-refractivity contribution in [3.63, 3.8) is 0 Å². The topological polar surface area (TPSA) is 21.3 Å². The van der Waals surface area contributed by atoms with Crippen LogP contribution in [0.4, 0.5) is 0 Å². The molecule has 1 N–H and O–H groups in total. The largest absolute Gasteiger partial charge is 0.381 e. The van der Waals surface area contributed by atoms with E-state index in [1.54, 1.807) is 10.4 Å². The number of methoxy groups -OCH3 is 1. The molecule has 1 unspecified atom stereocenters. The molecule has 0 saturated heterocycles. The van der Waals surface area contributed by atoms with Crippen LogP contribution in [0.2, 0.25) is 0 Å². The van der Waals surface area contributed by atoms with E-state index < -0.39 is 0 Å². The van der Waals surface area contributed by atoms with Crippen molar-refractivity contribution >= 4 is 11.3 Å². The highest BCUT2D eigenvalue weighted by Crippen LogP contribution is 2.34. The zero-order valence-corrected chi connectivity index (χ0v) is 12.0. The summed E-state index contributed by atoms with van der Waals surface area (Å²) in [6, 6.07) is 3.65. The molecule has 0 radical (unpaired) electrons. The van der Waals surface area contributed by atoms with E-state index in [1.807, 2.05) is 18.4 Å². The van der Waals surface area contributed by atoms with Gasteiger partial charge >= 0.3 is 0 Å². The zero-order chi connectivity index (χ0) is 12.4. The molecule has 0 aromatic carbocycles. The van der Waals surface area contributed by atoms with E-state index in [0.29, 0.717) is 18.2 Å². The summed E-state index contributed by atoms with van der Waals surface area (Å²) in [6.45, 7) is 0. The van der Waals surface area contributed by atoms with Crippen molar-refractivity contribution in [2.75, 3.05) is 7.11 Å².